The monoisotopic (exact) mass is 194 g/mol. The van der Waals surface area contributed by atoms with Gasteiger partial charge in [0.25, 0.3) is 0 Å². The van der Waals surface area contributed by atoms with Crippen molar-refractivity contribution < 1.29 is 9.52 Å². The summed E-state index contributed by atoms with van der Waals surface area (Å²) >= 11 is 0. The fourth-order valence-corrected chi connectivity index (χ4v) is 2.11. The summed E-state index contributed by atoms with van der Waals surface area (Å²) in [5, 5.41) is 10.00. The van der Waals surface area contributed by atoms with Crippen molar-refractivity contribution in [3.05, 3.63) is 23.7 Å². The van der Waals surface area contributed by atoms with Crippen LogP contribution < -0.4 is 0 Å². The molecule has 1 aliphatic carbocycles. The molecule has 2 rings (SSSR count). The van der Waals surface area contributed by atoms with E-state index in [-0.39, 0.29) is 6.10 Å². The Bertz CT molecular complexity index is 286. The summed E-state index contributed by atoms with van der Waals surface area (Å²) in [6, 6.07) is 1.90. The van der Waals surface area contributed by atoms with Gasteiger partial charge in [0.15, 0.2) is 0 Å². The second-order valence-electron chi connectivity index (χ2n) is 4.20. The Morgan fingerprint density at radius 2 is 2.36 bits per heavy atom. The van der Waals surface area contributed by atoms with Gasteiger partial charge in [-0.1, -0.05) is 26.2 Å². The fraction of sp³-hybridized carbons (Fsp3) is 0.667. The van der Waals surface area contributed by atoms with Crippen LogP contribution in [-0.2, 0) is 6.42 Å². The van der Waals surface area contributed by atoms with Crippen LogP contribution in [0.5, 0.6) is 0 Å². The highest BCUT2D eigenvalue weighted by Crippen LogP contribution is 2.35. The van der Waals surface area contributed by atoms with Crippen molar-refractivity contribution in [1.29, 1.82) is 0 Å². The van der Waals surface area contributed by atoms with E-state index in [1.165, 1.54) is 19.3 Å². The molecule has 0 bridgehead atoms. The Morgan fingerprint density at radius 3 is 2.93 bits per heavy atom. The summed E-state index contributed by atoms with van der Waals surface area (Å²) in [7, 11) is 0. The van der Waals surface area contributed by atoms with Crippen LogP contribution in [-0.4, -0.2) is 5.11 Å². The molecule has 1 unspecified atom stereocenters. The molecule has 1 N–H and O–H groups in total. The number of hydrogen-bond donors (Lipinski definition) is 1. The van der Waals surface area contributed by atoms with Crippen LogP contribution in [0.4, 0.5) is 0 Å². The first kappa shape index (κ1) is 9.78. The largest absolute Gasteiger partial charge is 0.469 e. The highest BCUT2D eigenvalue weighted by Gasteiger charge is 2.23. The van der Waals surface area contributed by atoms with Gasteiger partial charge in [-0.05, 0) is 18.4 Å². The lowest BCUT2D eigenvalue weighted by molar-refractivity contribution is 0.117. The molecule has 0 spiro atoms. The zero-order valence-corrected chi connectivity index (χ0v) is 8.70. The lowest BCUT2D eigenvalue weighted by Crippen LogP contribution is -2.15. The quantitative estimate of drug-likeness (QED) is 0.799. The number of hydrogen-bond acceptors (Lipinski definition) is 2. The number of aliphatic hydroxyl groups excluding tert-OH is 1. The molecule has 0 aromatic carbocycles. The zero-order valence-electron chi connectivity index (χ0n) is 8.70. The van der Waals surface area contributed by atoms with Gasteiger partial charge in [0, 0.05) is 12.0 Å². The number of aliphatic hydroxyl groups is 1. The van der Waals surface area contributed by atoms with Gasteiger partial charge in [0.05, 0.1) is 12.4 Å². The zero-order chi connectivity index (χ0) is 9.97. The molecular formula is C12H18O2. The van der Waals surface area contributed by atoms with Gasteiger partial charge in [-0.3, -0.25) is 0 Å². The second kappa shape index (κ2) is 4.18. The molecule has 0 amide bonds. The van der Waals surface area contributed by atoms with Crippen molar-refractivity contribution >= 4 is 0 Å². The van der Waals surface area contributed by atoms with Crippen LogP contribution in [0.3, 0.4) is 0 Å². The Morgan fingerprint density at radius 1 is 1.57 bits per heavy atom. The Labute approximate surface area is 84.9 Å². The normalized spacial score (nSPS) is 19.3. The van der Waals surface area contributed by atoms with E-state index < -0.39 is 0 Å². The van der Waals surface area contributed by atoms with Gasteiger partial charge in [-0.25, -0.2) is 0 Å². The summed E-state index contributed by atoms with van der Waals surface area (Å²) in [4.78, 5) is 0. The van der Waals surface area contributed by atoms with Gasteiger partial charge in [-0.15, -0.1) is 0 Å². The van der Waals surface area contributed by atoms with Crippen LogP contribution in [0.25, 0.3) is 0 Å². The SMILES string of the molecule is CCc1occc1C(O)CC1CCC1. The van der Waals surface area contributed by atoms with E-state index in [0.717, 1.165) is 30.1 Å². The predicted octanol–water partition coefficient (Wildman–Crippen LogP) is 3.07. The molecule has 1 heterocycles. The van der Waals surface area contributed by atoms with Crippen molar-refractivity contribution in [3.63, 3.8) is 0 Å². The van der Waals surface area contributed by atoms with Crippen molar-refractivity contribution in [2.24, 2.45) is 5.92 Å². The molecule has 1 saturated carbocycles. The average Bonchev–Trinajstić information content (AvgIpc) is 2.58. The van der Waals surface area contributed by atoms with Gasteiger partial charge < -0.3 is 9.52 Å². The van der Waals surface area contributed by atoms with Crippen molar-refractivity contribution in [2.75, 3.05) is 0 Å². The van der Waals surface area contributed by atoms with Crippen LogP contribution in [0.2, 0.25) is 0 Å². The lowest BCUT2D eigenvalue weighted by atomic mass is 9.80. The Kier molecular flexibility index (Phi) is 2.92. The van der Waals surface area contributed by atoms with Crippen LogP contribution >= 0.6 is 0 Å². The van der Waals surface area contributed by atoms with Crippen molar-refractivity contribution in [1.82, 2.24) is 0 Å². The third kappa shape index (κ3) is 1.85. The molecule has 1 aliphatic rings. The molecule has 0 saturated heterocycles. The molecular weight excluding hydrogens is 176 g/mol. The van der Waals surface area contributed by atoms with E-state index in [0.29, 0.717) is 0 Å². The molecule has 14 heavy (non-hydrogen) atoms. The molecule has 1 aromatic heterocycles. The average molecular weight is 194 g/mol. The third-order valence-corrected chi connectivity index (χ3v) is 3.24. The maximum Gasteiger partial charge on any atom is 0.109 e. The number of furan rings is 1. The van der Waals surface area contributed by atoms with Gasteiger partial charge in [0.1, 0.15) is 5.76 Å². The molecule has 2 nitrogen and oxygen atoms in total. The lowest BCUT2D eigenvalue weighted by Gasteiger charge is -2.27. The van der Waals surface area contributed by atoms with E-state index in [1.54, 1.807) is 6.26 Å². The molecule has 1 fully saturated rings. The maximum atomic E-state index is 10.00. The van der Waals surface area contributed by atoms with Gasteiger partial charge in [-0.2, -0.15) is 0 Å². The highest BCUT2D eigenvalue weighted by atomic mass is 16.3. The fourth-order valence-electron chi connectivity index (χ4n) is 2.11. The number of aryl methyl sites for hydroxylation is 1. The summed E-state index contributed by atoms with van der Waals surface area (Å²) in [6.45, 7) is 2.05. The summed E-state index contributed by atoms with van der Waals surface area (Å²) in [5.41, 5.74) is 0.999. The summed E-state index contributed by atoms with van der Waals surface area (Å²) in [6.07, 6.45) is 7.05. The minimum absolute atomic E-state index is 0.311. The first-order chi connectivity index (χ1) is 6.81. The standard InChI is InChI=1S/C12H18O2/c1-2-12-10(6-7-14-12)11(13)8-9-4-3-5-9/h6-7,9,11,13H,2-5,8H2,1H3. The minimum atomic E-state index is -0.311. The van der Waals surface area contributed by atoms with Crippen LogP contribution in [0.1, 0.15) is 50.0 Å². The molecule has 0 aliphatic heterocycles. The smallest absolute Gasteiger partial charge is 0.109 e. The molecule has 1 aromatic rings. The summed E-state index contributed by atoms with van der Waals surface area (Å²) < 4.78 is 5.31. The van der Waals surface area contributed by atoms with Gasteiger partial charge in [0.2, 0.25) is 0 Å². The molecule has 2 heteroatoms. The van der Waals surface area contributed by atoms with E-state index in [2.05, 4.69) is 6.92 Å². The Balaban J connectivity index is 1.98. The van der Waals surface area contributed by atoms with E-state index in [1.807, 2.05) is 6.07 Å². The van der Waals surface area contributed by atoms with Crippen LogP contribution in [0, 0.1) is 5.92 Å². The predicted molar refractivity (Wildman–Crippen MR) is 55.0 cm³/mol. The molecule has 0 radical (unpaired) electrons. The van der Waals surface area contributed by atoms with Gasteiger partial charge >= 0.3 is 0 Å². The second-order valence-corrected chi connectivity index (χ2v) is 4.20. The van der Waals surface area contributed by atoms with Crippen molar-refractivity contribution in [2.45, 2.75) is 45.1 Å². The summed E-state index contributed by atoms with van der Waals surface area (Å²) in [5.74, 6) is 1.68. The Hall–Kier alpha value is -0.760. The van der Waals surface area contributed by atoms with E-state index in [9.17, 15) is 5.11 Å². The number of rotatable bonds is 4. The minimum Gasteiger partial charge on any atom is -0.469 e. The van der Waals surface area contributed by atoms with E-state index in [4.69, 9.17) is 4.42 Å². The third-order valence-electron chi connectivity index (χ3n) is 3.24. The topological polar surface area (TPSA) is 33.4 Å². The first-order valence-corrected chi connectivity index (χ1v) is 5.55. The molecule has 1 atom stereocenters. The van der Waals surface area contributed by atoms with E-state index >= 15 is 0 Å². The molecule has 78 valence electrons. The highest BCUT2D eigenvalue weighted by molar-refractivity contribution is 5.19. The van der Waals surface area contributed by atoms with Crippen LogP contribution in [0.15, 0.2) is 16.7 Å². The first-order valence-electron chi connectivity index (χ1n) is 5.55. The van der Waals surface area contributed by atoms with Crippen molar-refractivity contribution in [3.8, 4) is 0 Å². The maximum absolute atomic E-state index is 10.00.